The van der Waals surface area contributed by atoms with Gasteiger partial charge >= 0.3 is 0 Å². The van der Waals surface area contributed by atoms with Gasteiger partial charge in [-0.2, -0.15) is 0 Å². The standard InChI is InChI=1S/C17H20N4O3S2/c1-11-10-25-17(19-11)26-15-6-5-12(8-14(15)21(23)24)16(22)20-7-3-4-13(20)9-18-2/h5-6,8,10,13,18H,3-4,7,9H2,1-2H3. The lowest BCUT2D eigenvalue weighted by atomic mass is 10.1. The van der Waals surface area contributed by atoms with Crippen molar-refractivity contribution in [3.8, 4) is 0 Å². The van der Waals surface area contributed by atoms with E-state index in [0.717, 1.165) is 29.4 Å². The minimum absolute atomic E-state index is 0.0573. The van der Waals surface area contributed by atoms with Gasteiger partial charge in [0.15, 0.2) is 4.34 Å². The molecule has 1 aromatic heterocycles. The van der Waals surface area contributed by atoms with Crippen LogP contribution in [0.4, 0.5) is 5.69 Å². The van der Waals surface area contributed by atoms with E-state index in [1.165, 1.54) is 29.2 Å². The van der Waals surface area contributed by atoms with Gasteiger partial charge in [-0.3, -0.25) is 14.9 Å². The molecule has 2 heterocycles. The molecular formula is C17H20N4O3S2. The molecule has 138 valence electrons. The van der Waals surface area contributed by atoms with Gasteiger partial charge in [0.05, 0.1) is 9.82 Å². The van der Waals surface area contributed by atoms with Gasteiger partial charge in [-0.1, -0.05) is 11.8 Å². The summed E-state index contributed by atoms with van der Waals surface area (Å²) in [6, 6.07) is 4.85. The van der Waals surface area contributed by atoms with Crippen LogP contribution in [0.1, 0.15) is 28.9 Å². The van der Waals surface area contributed by atoms with Crippen molar-refractivity contribution in [2.75, 3.05) is 20.1 Å². The number of benzene rings is 1. The Kier molecular flexibility index (Phi) is 5.90. The van der Waals surface area contributed by atoms with Crippen LogP contribution in [0.25, 0.3) is 0 Å². The summed E-state index contributed by atoms with van der Waals surface area (Å²) >= 11 is 2.70. The average Bonchev–Trinajstić information content (AvgIpc) is 3.24. The van der Waals surface area contributed by atoms with Crippen LogP contribution in [0.5, 0.6) is 0 Å². The molecule has 1 N–H and O–H groups in total. The van der Waals surface area contributed by atoms with Crippen molar-refractivity contribution in [1.82, 2.24) is 15.2 Å². The molecule has 9 heteroatoms. The van der Waals surface area contributed by atoms with Crippen molar-refractivity contribution < 1.29 is 9.72 Å². The fraction of sp³-hybridized carbons (Fsp3) is 0.412. The lowest BCUT2D eigenvalue weighted by molar-refractivity contribution is -0.387. The number of rotatable bonds is 6. The molecule has 1 aliphatic rings. The first-order valence-electron chi connectivity index (χ1n) is 8.33. The van der Waals surface area contributed by atoms with Crippen molar-refractivity contribution in [3.05, 3.63) is 45.0 Å². The van der Waals surface area contributed by atoms with Gasteiger partial charge in [-0.05, 0) is 38.9 Å². The van der Waals surface area contributed by atoms with Crippen LogP contribution in [0.2, 0.25) is 0 Å². The second-order valence-electron chi connectivity index (χ2n) is 6.15. The molecule has 1 aromatic carbocycles. The average molecular weight is 393 g/mol. The lowest BCUT2D eigenvalue weighted by Crippen LogP contribution is -2.40. The second-order valence-corrected chi connectivity index (χ2v) is 8.30. The molecule has 0 radical (unpaired) electrons. The summed E-state index contributed by atoms with van der Waals surface area (Å²) in [5, 5.41) is 16.5. The van der Waals surface area contributed by atoms with Crippen molar-refractivity contribution in [3.63, 3.8) is 0 Å². The Labute approximate surface area is 160 Å². The van der Waals surface area contributed by atoms with Crippen molar-refractivity contribution in [2.24, 2.45) is 0 Å². The van der Waals surface area contributed by atoms with E-state index < -0.39 is 4.92 Å². The Hall–Kier alpha value is -1.97. The molecule has 1 atom stereocenters. The third-order valence-electron chi connectivity index (χ3n) is 4.28. The van der Waals surface area contributed by atoms with Crippen LogP contribution in [0, 0.1) is 17.0 Å². The van der Waals surface area contributed by atoms with Gasteiger partial charge in [0.1, 0.15) is 0 Å². The molecular weight excluding hydrogens is 372 g/mol. The zero-order valence-electron chi connectivity index (χ0n) is 14.6. The molecule has 0 spiro atoms. The Morgan fingerprint density at radius 2 is 2.35 bits per heavy atom. The quantitative estimate of drug-likeness (QED) is 0.599. The first-order chi connectivity index (χ1) is 12.5. The van der Waals surface area contributed by atoms with Gasteiger partial charge in [0.2, 0.25) is 0 Å². The van der Waals surface area contributed by atoms with Gasteiger partial charge in [0, 0.05) is 41.8 Å². The minimum Gasteiger partial charge on any atom is -0.334 e. The van der Waals surface area contributed by atoms with Gasteiger partial charge in [-0.25, -0.2) is 4.98 Å². The Balaban J connectivity index is 1.86. The van der Waals surface area contributed by atoms with E-state index in [0.29, 0.717) is 17.0 Å². The number of thiazole rings is 1. The van der Waals surface area contributed by atoms with E-state index in [2.05, 4.69) is 10.3 Å². The molecule has 1 fully saturated rings. The highest BCUT2D eigenvalue weighted by molar-refractivity contribution is 8.01. The number of hydrogen-bond donors (Lipinski definition) is 1. The number of hydrogen-bond acceptors (Lipinski definition) is 7. The van der Waals surface area contributed by atoms with Crippen molar-refractivity contribution in [2.45, 2.75) is 35.0 Å². The van der Waals surface area contributed by atoms with Crippen LogP contribution < -0.4 is 5.32 Å². The predicted molar refractivity (Wildman–Crippen MR) is 102 cm³/mol. The highest BCUT2D eigenvalue weighted by atomic mass is 32.2. The highest BCUT2D eigenvalue weighted by Crippen LogP contribution is 2.37. The number of carbonyl (C=O) groups is 1. The first-order valence-corrected chi connectivity index (χ1v) is 10.0. The fourth-order valence-electron chi connectivity index (χ4n) is 3.07. The van der Waals surface area contributed by atoms with Crippen LogP contribution in [0.3, 0.4) is 0 Å². The maximum Gasteiger partial charge on any atom is 0.284 e. The monoisotopic (exact) mass is 392 g/mol. The number of nitrogens with one attached hydrogen (secondary N) is 1. The Bertz CT molecular complexity index is 824. The molecule has 7 nitrogen and oxygen atoms in total. The van der Waals surface area contributed by atoms with Crippen LogP contribution in [-0.2, 0) is 0 Å². The molecule has 1 aliphatic heterocycles. The number of carbonyl (C=O) groups excluding carboxylic acids is 1. The number of nitro groups is 1. The summed E-state index contributed by atoms with van der Waals surface area (Å²) in [4.78, 5) is 30.6. The third-order valence-corrected chi connectivity index (χ3v) is 6.40. The third kappa shape index (κ3) is 4.05. The molecule has 1 amide bonds. The number of aryl methyl sites for hydroxylation is 1. The summed E-state index contributed by atoms with van der Waals surface area (Å²) in [6.45, 7) is 3.30. The first kappa shape index (κ1) is 18.8. The maximum atomic E-state index is 12.8. The number of nitrogens with zero attached hydrogens (tertiary/aromatic N) is 3. The molecule has 1 saturated heterocycles. The molecule has 0 saturated carbocycles. The minimum atomic E-state index is -0.436. The maximum absolute atomic E-state index is 12.8. The van der Waals surface area contributed by atoms with Crippen LogP contribution in [-0.4, -0.2) is 46.9 Å². The molecule has 0 bridgehead atoms. The summed E-state index contributed by atoms with van der Waals surface area (Å²) in [7, 11) is 1.86. The van der Waals surface area contributed by atoms with E-state index in [-0.39, 0.29) is 17.6 Å². The number of aromatic nitrogens is 1. The Morgan fingerprint density at radius 3 is 3.00 bits per heavy atom. The summed E-state index contributed by atoms with van der Waals surface area (Å²) in [5.41, 5.74) is 1.19. The highest BCUT2D eigenvalue weighted by Gasteiger charge is 2.30. The largest absolute Gasteiger partial charge is 0.334 e. The van der Waals surface area contributed by atoms with E-state index in [1.807, 2.05) is 24.3 Å². The van der Waals surface area contributed by atoms with E-state index >= 15 is 0 Å². The Morgan fingerprint density at radius 1 is 1.54 bits per heavy atom. The SMILES string of the molecule is CNCC1CCCN1C(=O)c1ccc(Sc2nc(C)cs2)c([N+](=O)[O-])c1. The number of likely N-dealkylation sites (N-methyl/N-ethyl adjacent to an activating group) is 1. The van der Waals surface area contributed by atoms with Crippen LogP contribution in [0.15, 0.2) is 32.8 Å². The normalized spacial score (nSPS) is 16.8. The fourth-order valence-corrected chi connectivity index (χ4v) is 4.95. The summed E-state index contributed by atoms with van der Waals surface area (Å²) in [6.07, 6.45) is 1.91. The number of likely N-dealkylation sites (tertiary alicyclic amines) is 1. The molecule has 3 rings (SSSR count). The topological polar surface area (TPSA) is 88.4 Å². The zero-order valence-corrected chi connectivity index (χ0v) is 16.2. The van der Waals surface area contributed by atoms with Crippen LogP contribution >= 0.6 is 23.1 Å². The molecule has 1 unspecified atom stereocenters. The predicted octanol–water partition coefficient (Wildman–Crippen LogP) is 3.33. The zero-order chi connectivity index (χ0) is 18.7. The summed E-state index contributed by atoms with van der Waals surface area (Å²) < 4.78 is 0.748. The van der Waals surface area contributed by atoms with E-state index in [9.17, 15) is 14.9 Å². The number of nitro benzene ring substituents is 1. The van der Waals surface area contributed by atoms with Crippen molar-refractivity contribution >= 4 is 34.7 Å². The lowest BCUT2D eigenvalue weighted by Gasteiger charge is -2.24. The molecule has 0 aliphatic carbocycles. The van der Waals surface area contributed by atoms with Crippen molar-refractivity contribution in [1.29, 1.82) is 0 Å². The second kappa shape index (κ2) is 8.15. The van der Waals surface area contributed by atoms with E-state index in [4.69, 9.17) is 0 Å². The number of amides is 1. The molecule has 2 aromatic rings. The van der Waals surface area contributed by atoms with Gasteiger partial charge in [-0.15, -0.1) is 11.3 Å². The smallest absolute Gasteiger partial charge is 0.284 e. The van der Waals surface area contributed by atoms with Gasteiger partial charge in [0.25, 0.3) is 11.6 Å². The summed E-state index contributed by atoms with van der Waals surface area (Å²) in [5.74, 6) is -0.146. The van der Waals surface area contributed by atoms with E-state index in [1.54, 1.807) is 12.1 Å². The molecule has 26 heavy (non-hydrogen) atoms. The van der Waals surface area contributed by atoms with Gasteiger partial charge < -0.3 is 10.2 Å².